The van der Waals surface area contributed by atoms with Gasteiger partial charge in [0, 0.05) is 32.9 Å². The second kappa shape index (κ2) is 6.83. The number of pyridine rings is 1. The van der Waals surface area contributed by atoms with E-state index in [2.05, 4.69) is 21.3 Å². The van der Waals surface area contributed by atoms with Crippen LogP contribution in [0.5, 0.6) is 0 Å². The van der Waals surface area contributed by atoms with Gasteiger partial charge in [-0.05, 0) is 18.9 Å². The zero-order chi connectivity index (χ0) is 17.3. The molecule has 24 heavy (non-hydrogen) atoms. The number of carbonyl (C=O) groups is 1. The van der Waals surface area contributed by atoms with Crippen molar-refractivity contribution in [2.45, 2.75) is 25.4 Å². The number of hydrogen-bond donors (Lipinski definition) is 1. The number of nitrogens with zero attached hydrogens (tertiary/aromatic N) is 4. The van der Waals surface area contributed by atoms with Gasteiger partial charge in [0.05, 0.1) is 29.3 Å². The molecule has 1 aromatic rings. The van der Waals surface area contributed by atoms with Crippen molar-refractivity contribution in [2.24, 2.45) is 0 Å². The standard InChI is InChI=1S/C16H20ClN5O2/c1-10-11(7-18)15(19-8-12(10)17)21-4-3-14-13(9-21)20-16(23)22(14)5-6-24-2/h8,13-14H,3-6,9H2,1-2H3,(H,20,23)/t13-,14+/m1/s1. The van der Waals surface area contributed by atoms with Crippen LogP contribution in [0.1, 0.15) is 17.5 Å². The van der Waals surface area contributed by atoms with Gasteiger partial charge in [0.25, 0.3) is 0 Å². The van der Waals surface area contributed by atoms with Gasteiger partial charge in [-0.15, -0.1) is 0 Å². The van der Waals surface area contributed by atoms with E-state index < -0.39 is 0 Å². The first-order chi connectivity index (χ1) is 11.6. The van der Waals surface area contributed by atoms with Crippen molar-refractivity contribution < 1.29 is 9.53 Å². The molecule has 0 aliphatic carbocycles. The van der Waals surface area contributed by atoms with Crippen molar-refractivity contribution in [1.29, 1.82) is 5.26 Å². The van der Waals surface area contributed by atoms with Crippen LogP contribution < -0.4 is 10.2 Å². The zero-order valence-corrected chi connectivity index (χ0v) is 14.5. The molecule has 2 aliphatic heterocycles. The first kappa shape index (κ1) is 16.8. The summed E-state index contributed by atoms with van der Waals surface area (Å²) in [5, 5.41) is 13.0. The number of halogens is 1. The fourth-order valence-electron chi connectivity index (χ4n) is 3.44. The van der Waals surface area contributed by atoms with Gasteiger partial charge in [-0.2, -0.15) is 5.26 Å². The number of rotatable bonds is 4. The van der Waals surface area contributed by atoms with Crippen LogP contribution in [-0.2, 0) is 4.74 Å². The van der Waals surface area contributed by atoms with Crippen molar-refractivity contribution in [2.75, 3.05) is 38.3 Å². The molecular formula is C16H20ClN5O2. The molecule has 0 bridgehead atoms. The van der Waals surface area contributed by atoms with E-state index in [0.717, 1.165) is 18.5 Å². The van der Waals surface area contributed by atoms with Gasteiger partial charge in [-0.3, -0.25) is 0 Å². The zero-order valence-electron chi connectivity index (χ0n) is 13.8. The maximum absolute atomic E-state index is 12.2. The van der Waals surface area contributed by atoms with E-state index in [1.807, 2.05) is 11.8 Å². The number of urea groups is 1. The molecule has 2 atom stereocenters. The first-order valence-corrected chi connectivity index (χ1v) is 8.30. The third kappa shape index (κ3) is 2.87. The predicted octanol–water partition coefficient (Wildman–Crippen LogP) is 1.53. The normalized spacial score (nSPS) is 23.0. The molecule has 3 heterocycles. The summed E-state index contributed by atoms with van der Waals surface area (Å²) >= 11 is 6.07. The van der Waals surface area contributed by atoms with Crippen molar-refractivity contribution in [3.8, 4) is 6.07 Å². The largest absolute Gasteiger partial charge is 0.383 e. The number of aromatic nitrogens is 1. The summed E-state index contributed by atoms with van der Waals surface area (Å²) in [6.45, 7) is 4.30. The molecule has 0 radical (unpaired) electrons. The second-order valence-corrected chi connectivity index (χ2v) is 6.49. The maximum Gasteiger partial charge on any atom is 0.318 e. The predicted molar refractivity (Wildman–Crippen MR) is 90.2 cm³/mol. The molecule has 8 heteroatoms. The van der Waals surface area contributed by atoms with Crippen LogP contribution in [0.4, 0.5) is 10.6 Å². The lowest BCUT2D eigenvalue weighted by Gasteiger charge is -2.37. The molecule has 7 nitrogen and oxygen atoms in total. The highest BCUT2D eigenvalue weighted by molar-refractivity contribution is 6.31. The minimum atomic E-state index is -0.0512. The Labute approximate surface area is 146 Å². The number of ether oxygens (including phenoxy) is 1. The van der Waals surface area contributed by atoms with Gasteiger partial charge < -0.3 is 19.9 Å². The molecule has 3 rings (SSSR count). The summed E-state index contributed by atoms with van der Waals surface area (Å²) in [4.78, 5) is 20.4. The summed E-state index contributed by atoms with van der Waals surface area (Å²) in [5.41, 5.74) is 1.24. The van der Waals surface area contributed by atoms with Crippen molar-refractivity contribution in [3.63, 3.8) is 0 Å². The van der Waals surface area contributed by atoms with E-state index >= 15 is 0 Å². The van der Waals surface area contributed by atoms with Gasteiger partial charge in [0.1, 0.15) is 11.9 Å². The lowest BCUT2D eigenvalue weighted by molar-refractivity contribution is 0.140. The van der Waals surface area contributed by atoms with Crippen LogP contribution in [-0.4, -0.2) is 61.3 Å². The molecule has 2 aliphatic rings. The number of piperidine rings is 1. The minimum Gasteiger partial charge on any atom is -0.383 e. The monoisotopic (exact) mass is 349 g/mol. The van der Waals surface area contributed by atoms with E-state index in [1.54, 1.807) is 13.3 Å². The Hall–Kier alpha value is -2.04. The topological polar surface area (TPSA) is 81.5 Å². The molecular weight excluding hydrogens is 330 g/mol. The third-order valence-corrected chi connectivity index (χ3v) is 5.13. The van der Waals surface area contributed by atoms with Crippen LogP contribution in [0.2, 0.25) is 5.02 Å². The highest BCUT2D eigenvalue weighted by Crippen LogP contribution is 2.30. The smallest absolute Gasteiger partial charge is 0.318 e. The average Bonchev–Trinajstić information content (AvgIpc) is 2.89. The molecule has 1 aromatic heterocycles. The van der Waals surface area contributed by atoms with Crippen LogP contribution in [0.25, 0.3) is 0 Å². The van der Waals surface area contributed by atoms with Gasteiger partial charge in [0.2, 0.25) is 0 Å². The minimum absolute atomic E-state index is 0.0208. The molecule has 2 saturated heterocycles. The molecule has 0 saturated carbocycles. The van der Waals surface area contributed by atoms with Gasteiger partial charge in [-0.25, -0.2) is 9.78 Å². The first-order valence-electron chi connectivity index (χ1n) is 7.93. The van der Waals surface area contributed by atoms with E-state index in [1.165, 1.54) is 0 Å². The van der Waals surface area contributed by atoms with Crippen molar-refractivity contribution >= 4 is 23.4 Å². The number of carbonyl (C=O) groups excluding carboxylic acids is 1. The Morgan fingerprint density at radius 1 is 1.58 bits per heavy atom. The summed E-state index contributed by atoms with van der Waals surface area (Å²) in [5.74, 6) is 0.641. The Morgan fingerprint density at radius 2 is 2.38 bits per heavy atom. The molecule has 2 amide bonds. The van der Waals surface area contributed by atoms with Crippen LogP contribution in [0.3, 0.4) is 0 Å². The van der Waals surface area contributed by atoms with Crippen molar-refractivity contribution in [3.05, 3.63) is 22.3 Å². The second-order valence-electron chi connectivity index (χ2n) is 6.09. The fraction of sp³-hybridized carbons (Fsp3) is 0.562. The van der Waals surface area contributed by atoms with E-state index in [4.69, 9.17) is 16.3 Å². The quantitative estimate of drug-likeness (QED) is 0.891. The molecule has 0 unspecified atom stereocenters. The molecule has 1 N–H and O–H groups in total. The number of anilines is 1. The van der Waals surface area contributed by atoms with E-state index in [9.17, 15) is 10.1 Å². The number of fused-ring (bicyclic) bond motifs is 1. The van der Waals surface area contributed by atoms with Gasteiger partial charge in [0.15, 0.2) is 0 Å². The lowest BCUT2D eigenvalue weighted by Crippen LogP contribution is -2.52. The Kier molecular flexibility index (Phi) is 4.78. The summed E-state index contributed by atoms with van der Waals surface area (Å²) in [6, 6.07) is 2.33. The van der Waals surface area contributed by atoms with Gasteiger partial charge >= 0.3 is 6.03 Å². The highest BCUT2D eigenvalue weighted by Gasteiger charge is 2.42. The average molecular weight is 350 g/mol. The Balaban J connectivity index is 1.79. The highest BCUT2D eigenvalue weighted by atomic mass is 35.5. The Morgan fingerprint density at radius 3 is 3.08 bits per heavy atom. The van der Waals surface area contributed by atoms with Crippen LogP contribution >= 0.6 is 11.6 Å². The molecule has 128 valence electrons. The van der Waals surface area contributed by atoms with E-state index in [-0.39, 0.29) is 18.1 Å². The SMILES string of the molecule is COCCN1C(=O)N[C@@H]2CN(c3ncc(Cl)c(C)c3C#N)CC[C@@H]21. The molecule has 0 spiro atoms. The van der Waals surface area contributed by atoms with Crippen molar-refractivity contribution in [1.82, 2.24) is 15.2 Å². The number of nitriles is 1. The fourth-order valence-corrected chi connectivity index (χ4v) is 3.58. The molecule has 2 fully saturated rings. The maximum atomic E-state index is 12.2. The number of hydrogen-bond acceptors (Lipinski definition) is 5. The lowest BCUT2D eigenvalue weighted by atomic mass is 9.99. The Bertz CT molecular complexity index is 690. The van der Waals surface area contributed by atoms with Crippen LogP contribution in [0.15, 0.2) is 6.20 Å². The molecule has 0 aromatic carbocycles. The van der Waals surface area contributed by atoms with E-state index in [0.29, 0.717) is 36.1 Å². The summed E-state index contributed by atoms with van der Waals surface area (Å²) in [6.07, 6.45) is 2.40. The summed E-state index contributed by atoms with van der Waals surface area (Å²) in [7, 11) is 1.63. The van der Waals surface area contributed by atoms with Crippen LogP contribution in [0, 0.1) is 18.3 Å². The number of nitrogens with one attached hydrogen (secondary N) is 1. The number of methoxy groups -OCH3 is 1. The summed E-state index contributed by atoms with van der Waals surface area (Å²) < 4.78 is 5.09. The van der Waals surface area contributed by atoms with Gasteiger partial charge in [-0.1, -0.05) is 11.6 Å². The third-order valence-electron chi connectivity index (χ3n) is 4.75. The number of amides is 2.